The number of nitrogens with zero attached hydrogens (tertiary/aromatic N) is 1. The topological polar surface area (TPSA) is 60.5 Å². The molecule has 3 rings (SSSR count). The number of hydrogen-bond donors (Lipinski definition) is 1. The molecule has 0 radical (unpaired) electrons. The maximum atomic E-state index is 12.7. The third kappa shape index (κ3) is 5.03. The molecule has 0 aliphatic rings. The molecule has 152 valence electrons. The van der Waals surface area contributed by atoms with Crippen LogP contribution in [-0.4, -0.2) is 30.6 Å². The lowest BCUT2D eigenvalue weighted by atomic mass is 10.1. The van der Waals surface area contributed by atoms with Crippen molar-refractivity contribution in [1.29, 1.82) is 0 Å². The van der Waals surface area contributed by atoms with E-state index < -0.39 is 11.7 Å². The first-order chi connectivity index (χ1) is 13.8. The highest BCUT2D eigenvalue weighted by molar-refractivity contribution is 5.98. The number of benzene rings is 2. The summed E-state index contributed by atoms with van der Waals surface area (Å²) in [5.41, 5.74) is 0.125. The van der Waals surface area contributed by atoms with Gasteiger partial charge in [-0.15, -0.1) is 0 Å². The standard InChI is InChI=1S/C21H19F3N2O3/c1-13(12-28-2)26-20(27)15-10-14-4-3-5-18(19(14)25-11-15)29-17-8-6-16(7-9-17)21(22,23)24/h3-11,13H,12H2,1-2H3,(H,26,27)/t13-/m0/s1. The predicted molar refractivity (Wildman–Crippen MR) is 102 cm³/mol. The first-order valence-electron chi connectivity index (χ1n) is 8.81. The Morgan fingerprint density at radius 1 is 1.17 bits per heavy atom. The van der Waals surface area contributed by atoms with Crippen LogP contribution in [-0.2, 0) is 10.9 Å². The first-order valence-corrected chi connectivity index (χ1v) is 8.81. The number of nitrogens with one attached hydrogen (secondary N) is 1. The van der Waals surface area contributed by atoms with Crippen LogP contribution in [0.5, 0.6) is 11.5 Å². The molecule has 0 saturated heterocycles. The Hall–Kier alpha value is -3.13. The molecular weight excluding hydrogens is 385 g/mol. The van der Waals surface area contributed by atoms with Crippen molar-refractivity contribution >= 4 is 16.8 Å². The molecule has 2 aromatic carbocycles. The zero-order chi connectivity index (χ0) is 21.0. The van der Waals surface area contributed by atoms with E-state index >= 15 is 0 Å². The highest BCUT2D eigenvalue weighted by Crippen LogP contribution is 2.33. The Bertz CT molecular complexity index is 1000. The fourth-order valence-electron chi connectivity index (χ4n) is 2.78. The van der Waals surface area contributed by atoms with E-state index in [1.807, 2.05) is 6.92 Å². The van der Waals surface area contributed by atoms with Gasteiger partial charge in [0.2, 0.25) is 0 Å². The molecule has 8 heteroatoms. The van der Waals surface area contributed by atoms with Crippen LogP contribution in [0.4, 0.5) is 13.2 Å². The van der Waals surface area contributed by atoms with Crippen LogP contribution in [0.15, 0.2) is 54.7 Å². The Kier molecular flexibility index (Phi) is 6.03. The second-order valence-electron chi connectivity index (χ2n) is 6.51. The van der Waals surface area contributed by atoms with Gasteiger partial charge in [0.25, 0.3) is 5.91 Å². The number of fused-ring (bicyclic) bond motifs is 1. The van der Waals surface area contributed by atoms with Crippen LogP contribution in [0.3, 0.4) is 0 Å². The molecule has 0 fully saturated rings. The largest absolute Gasteiger partial charge is 0.455 e. The fourth-order valence-corrected chi connectivity index (χ4v) is 2.78. The van der Waals surface area contributed by atoms with E-state index in [2.05, 4.69) is 10.3 Å². The molecule has 0 bridgehead atoms. The van der Waals surface area contributed by atoms with Gasteiger partial charge in [-0.1, -0.05) is 12.1 Å². The molecule has 0 spiro atoms. The fraction of sp³-hybridized carbons (Fsp3) is 0.238. The number of amides is 1. The average Bonchev–Trinajstić information content (AvgIpc) is 2.67. The molecule has 1 atom stereocenters. The molecule has 3 aromatic rings. The number of hydrogen-bond acceptors (Lipinski definition) is 4. The van der Waals surface area contributed by atoms with Crippen molar-refractivity contribution in [1.82, 2.24) is 10.3 Å². The lowest BCUT2D eigenvalue weighted by Gasteiger charge is -2.13. The average molecular weight is 404 g/mol. The van der Waals surface area contributed by atoms with Gasteiger partial charge in [-0.2, -0.15) is 13.2 Å². The summed E-state index contributed by atoms with van der Waals surface area (Å²) in [5.74, 6) is 0.350. The third-order valence-electron chi connectivity index (χ3n) is 4.14. The minimum Gasteiger partial charge on any atom is -0.455 e. The number of alkyl halides is 3. The van der Waals surface area contributed by atoms with Crippen molar-refractivity contribution < 1.29 is 27.4 Å². The van der Waals surface area contributed by atoms with Crippen LogP contribution in [0.2, 0.25) is 0 Å². The van der Waals surface area contributed by atoms with Crippen LogP contribution >= 0.6 is 0 Å². The van der Waals surface area contributed by atoms with Crippen molar-refractivity contribution in [2.45, 2.75) is 19.1 Å². The molecule has 0 aliphatic carbocycles. The summed E-state index contributed by atoms with van der Waals surface area (Å²) in [4.78, 5) is 16.6. The number of carbonyl (C=O) groups excluding carboxylic acids is 1. The summed E-state index contributed by atoms with van der Waals surface area (Å²) >= 11 is 0. The summed E-state index contributed by atoms with van der Waals surface area (Å²) in [6, 6.07) is 11.1. The maximum absolute atomic E-state index is 12.7. The van der Waals surface area contributed by atoms with Gasteiger partial charge in [0.15, 0.2) is 5.75 Å². The Labute approximate surface area is 165 Å². The van der Waals surface area contributed by atoms with E-state index in [1.54, 1.807) is 31.4 Å². The summed E-state index contributed by atoms with van der Waals surface area (Å²) in [6.45, 7) is 2.21. The van der Waals surface area contributed by atoms with Gasteiger partial charge in [-0.05, 0) is 43.3 Å². The monoisotopic (exact) mass is 404 g/mol. The molecule has 0 unspecified atom stereocenters. The summed E-state index contributed by atoms with van der Waals surface area (Å²) in [5, 5.41) is 3.47. The normalized spacial score (nSPS) is 12.6. The highest BCUT2D eigenvalue weighted by Gasteiger charge is 2.30. The molecule has 29 heavy (non-hydrogen) atoms. The zero-order valence-electron chi connectivity index (χ0n) is 15.8. The lowest BCUT2D eigenvalue weighted by molar-refractivity contribution is -0.137. The number of carbonyl (C=O) groups is 1. The number of para-hydroxylation sites is 1. The lowest BCUT2D eigenvalue weighted by Crippen LogP contribution is -2.35. The van der Waals surface area contributed by atoms with Gasteiger partial charge in [0.1, 0.15) is 11.3 Å². The minimum atomic E-state index is -4.41. The predicted octanol–water partition coefficient (Wildman–Crippen LogP) is 4.81. The van der Waals surface area contributed by atoms with Crippen LogP contribution in [0.1, 0.15) is 22.8 Å². The third-order valence-corrected chi connectivity index (χ3v) is 4.14. The van der Waals surface area contributed by atoms with Gasteiger partial charge >= 0.3 is 6.18 Å². The molecule has 5 nitrogen and oxygen atoms in total. The van der Waals surface area contributed by atoms with Crippen LogP contribution in [0.25, 0.3) is 10.9 Å². The van der Waals surface area contributed by atoms with E-state index in [0.717, 1.165) is 12.1 Å². The van der Waals surface area contributed by atoms with Crippen molar-refractivity contribution in [3.05, 3.63) is 65.9 Å². The maximum Gasteiger partial charge on any atom is 0.416 e. The number of halogens is 3. The van der Waals surface area contributed by atoms with Gasteiger partial charge in [0.05, 0.1) is 17.7 Å². The number of methoxy groups -OCH3 is 1. The summed E-state index contributed by atoms with van der Waals surface area (Å²) in [7, 11) is 1.55. The molecule has 0 aliphatic heterocycles. The SMILES string of the molecule is COC[C@H](C)NC(=O)c1cnc2c(Oc3ccc(C(F)(F)F)cc3)cccc2c1. The summed E-state index contributed by atoms with van der Waals surface area (Å²) in [6.07, 6.45) is -2.98. The Morgan fingerprint density at radius 3 is 2.55 bits per heavy atom. The van der Waals surface area contributed by atoms with E-state index in [0.29, 0.717) is 28.8 Å². The van der Waals surface area contributed by atoms with Gasteiger partial charge in [0, 0.05) is 24.7 Å². The number of rotatable bonds is 6. The minimum absolute atomic E-state index is 0.155. The van der Waals surface area contributed by atoms with E-state index in [1.165, 1.54) is 18.3 Å². The number of aromatic nitrogens is 1. The van der Waals surface area contributed by atoms with Crippen molar-refractivity contribution in [3.8, 4) is 11.5 Å². The summed E-state index contributed by atoms with van der Waals surface area (Å²) < 4.78 is 48.8. The van der Waals surface area contributed by atoms with Gasteiger partial charge in [-0.25, -0.2) is 0 Å². The Balaban J connectivity index is 1.82. The van der Waals surface area contributed by atoms with Crippen LogP contribution < -0.4 is 10.1 Å². The molecule has 0 saturated carbocycles. The van der Waals surface area contributed by atoms with Crippen molar-refractivity contribution in [2.24, 2.45) is 0 Å². The quantitative estimate of drug-likeness (QED) is 0.641. The van der Waals surface area contributed by atoms with Crippen molar-refractivity contribution in [2.75, 3.05) is 13.7 Å². The van der Waals surface area contributed by atoms with Gasteiger partial charge < -0.3 is 14.8 Å². The molecule has 1 heterocycles. The molecule has 1 amide bonds. The Morgan fingerprint density at radius 2 is 1.90 bits per heavy atom. The number of pyridine rings is 1. The second kappa shape index (κ2) is 8.48. The second-order valence-corrected chi connectivity index (χ2v) is 6.51. The van der Waals surface area contributed by atoms with Gasteiger partial charge in [-0.3, -0.25) is 9.78 Å². The van der Waals surface area contributed by atoms with Crippen molar-refractivity contribution in [3.63, 3.8) is 0 Å². The number of ether oxygens (including phenoxy) is 2. The smallest absolute Gasteiger partial charge is 0.416 e. The van der Waals surface area contributed by atoms with E-state index in [4.69, 9.17) is 9.47 Å². The van der Waals surface area contributed by atoms with Crippen LogP contribution in [0, 0.1) is 0 Å². The zero-order valence-corrected chi connectivity index (χ0v) is 15.8. The molecular formula is C21H19F3N2O3. The molecule has 1 aromatic heterocycles. The van der Waals surface area contributed by atoms with E-state index in [-0.39, 0.29) is 17.7 Å². The highest BCUT2D eigenvalue weighted by atomic mass is 19.4. The first kappa shape index (κ1) is 20.6. The van der Waals surface area contributed by atoms with E-state index in [9.17, 15) is 18.0 Å². The molecule has 1 N–H and O–H groups in total.